The number of halogens is 2. The summed E-state index contributed by atoms with van der Waals surface area (Å²) in [4.78, 5) is 23.4. The zero-order chi connectivity index (χ0) is 29.4. The van der Waals surface area contributed by atoms with E-state index in [9.17, 15) is 19.4 Å². The second-order valence-corrected chi connectivity index (χ2v) is 11.6. The maximum atomic E-state index is 14.7. The van der Waals surface area contributed by atoms with Crippen molar-refractivity contribution < 1.29 is 24.1 Å². The Morgan fingerprint density at radius 2 is 1.95 bits per heavy atom. The van der Waals surface area contributed by atoms with Gasteiger partial charge >= 0.3 is 5.97 Å². The maximum Gasteiger partial charge on any atom is 0.335 e. The Hall–Kier alpha value is -3.79. The van der Waals surface area contributed by atoms with E-state index in [-0.39, 0.29) is 24.0 Å². The summed E-state index contributed by atoms with van der Waals surface area (Å²) < 4.78 is 23.0. The Balaban J connectivity index is 1.19. The van der Waals surface area contributed by atoms with Crippen molar-refractivity contribution in [3.05, 3.63) is 88.0 Å². The van der Waals surface area contributed by atoms with E-state index in [1.807, 2.05) is 23.6 Å². The monoisotopic (exact) mass is 590 g/mol. The molecule has 0 bridgehead atoms. The van der Waals surface area contributed by atoms with Crippen LogP contribution < -0.4 is 4.74 Å². The fraction of sp³-hybridized carbons (Fsp3) is 0.344. The van der Waals surface area contributed by atoms with Crippen LogP contribution in [0.3, 0.4) is 0 Å². The standard InChI is InChI=1S/C32H32ClFN4O4/c1-19(18-39)16-38-28-13-21(32(40)41)5-8-26(28)36-30(38)17-37-11-9-20(10-12-37)23-3-2-4-27-31(23)42-29(15-35-27)24-7-6-22(33)14-25(24)34/h2-8,13-15,19-20,29,39H,9-12,16-18H2,1H3,(H,40,41)/t19-,29+/m0/s1. The molecule has 6 rings (SSSR count). The van der Waals surface area contributed by atoms with Crippen molar-refractivity contribution in [2.45, 2.75) is 44.9 Å². The van der Waals surface area contributed by atoms with Crippen LogP contribution in [0.5, 0.6) is 5.75 Å². The van der Waals surface area contributed by atoms with Gasteiger partial charge < -0.3 is 19.5 Å². The van der Waals surface area contributed by atoms with Gasteiger partial charge in [0.05, 0.1) is 29.4 Å². The first kappa shape index (κ1) is 28.3. The molecular weight excluding hydrogens is 559 g/mol. The minimum absolute atomic E-state index is 0.00235. The van der Waals surface area contributed by atoms with E-state index in [1.165, 1.54) is 6.07 Å². The van der Waals surface area contributed by atoms with E-state index in [0.717, 1.165) is 54.0 Å². The molecule has 0 radical (unpaired) electrons. The number of piperidine rings is 1. The Kier molecular flexibility index (Phi) is 7.98. The number of imidazole rings is 1. The molecule has 8 nitrogen and oxygen atoms in total. The van der Waals surface area contributed by atoms with Crippen molar-refractivity contribution in [3.63, 3.8) is 0 Å². The minimum atomic E-state index is -0.981. The van der Waals surface area contributed by atoms with E-state index in [1.54, 1.807) is 36.5 Å². The van der Waals surface area contributed by atoms with Crippen LogP contribution in [0.4, 0.5) is 10.1 Å². The zero-order valence-corrected chi connectivity index (χ0v) is 24.0. The number of aromatic carboxylic acids is 1. The third kappa shape index (κ3) is 5.64. The number of carbonyl (C=O) groups is 1. The summed E-state index contributed by atoms with van der Waals surface area (Å²) in [6, 6.07) is 15.5. The molecule has 218 valence electrons. The number of fused-ring (bicyclic) bond motifs is 2. The van der Waals surface area contributed by atoms with E-state index in [4.69, 9.17) is 21.3 Å². The summed E-state index contributed by atoms with van der Waals surface area (Å²) in [5.41, 5.74) is 3.94. The number of carboxylic acids is 1. The van der Waals surface area contributed by atoms with Gasteiger partial charge in [-0.15, -0.1) is 0 Å². The number of aromatic nitrogens is 2. The van der Waals surface area contributed by atoms with Gasteiger partial charge in [0.1, 0.15) is 23.1 Å². The van der Waals surface area contributed by atoms with Crippen molar-refractivity contribution in [2.75, 3.05) is 19.7 Å². The first-order chi connectivity index (χ1) is 20.3. The molecule has 2 atom stereocenters. The summed E-state index contributed by atoms with van der Waals surface area (Å²) in [6.45, 7) is 4.83. The quantitative estimate of drug-likeness (QED) is 0.247. The van der Waals surface area contributed by atoms with Crippen LogP contribution in [0.15, 0.2) is 59.6 Å². The fourth-order valence-corrected chi connectivity index (χ4v) is 6.04. The van der Waals surface area contributed by atoms with Crippen molar-refractivity contribution in [1.82, 2.24) is 14.5 Å². The van der Waals surface area contributed by atoms with Crippen LogP contribution in [0.25, 0.3) is 11.0 Å². The zero-order valence-electron chi connectivity index (χ0n) is 23.2. The minimum Gasteiger partial charge on any atom is -0.478 e. The van der Waals surface area contributed by atoms with Crippen LogP contribution in [0, 0.1) is 11.7 Å². The van der Waals surface area contributed by atoms with Gasteiger partial charge in [0, 0.05) is 23.7 Å². The van der Waals surface area contributed by atoms with Crippen molar-refractivity contribution in [2.24, 2.45) is 10.9 Å². The number of rotatable bonds is 8. The van der Waals surface area contributed by atoms with Crippen LogP contribution in [-0.4, -0.2) is 56.5 Å². The lowest BCUT2D eigenvalue weighted by atomic mass is 9.88. The van der Waals surface area contributed by atoms with E-state index in [2.05, 4.69) is 16.0 Å². The number of aliphatic imine (C=N–C) groups is 1. The number of hydrogen-bond acceptors (Lipinski definition) is 6. The van der Waals surface area contributed by atoms with Gasteiger partial charge in [-0.3, -0.25) is 9.89 Å². The largest absolute Gasteiger partial charge is 0.478 e. The second kappa shape index (κ2) is 11.8. The molecule has 0 unspecified atom stereocenters. The van der Waals surface area contributed by atoms with Gasteiger partial charge in [-0.25, -0.2) is 14.2 Å². The number of aliphatic hydroxyl groups is 1. The lowest BCUT2D eigenvalue weighted by Gasteiger charge is -2.34. The number of hydrogen-bond donors (Lipinski definition) is 2. The number of carboxylic acid groups (broad SMARTS) is 1. The van der Waals surface area contributed by atoms with Crippen LogP contribution in [-0.2, 0) is 13.1 Å². The maximum absolute atomic E-state index is 14.7. The normalized spacial score (nSPS) is 18.1. The highest BCUT2D eigenvalue weighted by molar-refractivity contribution is 6.30. The molecule has 2 N–H and O–H groups in total. The average molecular weight is 591 g/mol. The summed E-state index contributed by atoms with van der Waals surface area (Å²) >= 11 is 5.95. The highest BCUT2D eigenvalue weighted by Crippen LogP contribution is 2.44. The van der Waals surface area contributed by atoms with Gasteiger partial charge in [0.15, 0.2) is 6.10 Å². The van der Waals surface area contributed by atoms with Gasteiger partial charge in [-0.05, 0) is 79.7 Å². The highest BCUT2D eigenvalue weighted by Gasteiger charge is 2.29. The smallest absolute Gasteiger partial charge is 0.335 e. The molecule has 0 aliphatic carbocycles. The number of nitrogens with zero attached hydrogens (tertiary/aromatic N) is 4. The predicted molar refractivity (Wildman–Crippen MR) is 160 cm³/mol. The first-order valence-corrected chi connectivity index (χ1v) is 14.5. The van der Waals surface area contributed by atoms with Crippen LogP contribution in [0.2, 0.25) is 5.02 Å². The predicted octanol–water partition coefficient (Wildman–Crippen LogP) is 6.37. The SMILES string of the molecule is C[C@H](CO)Cn1c(CN2CCC(c3cccc4c3O[C@@H](c3ccc(Cl)cc3F)C=N4)CC2)nc2ccc(C(=O)O)cc21. The van der Waals surface area contributed by atoms with E-state index >= 15 is 0 Å². The molecular formula is C32H32ClFN4O4. The van der Waals surface area contributed by atoms with E-state index < -0.39 is 17.9 Å². The molecule has 3 heterocycles. The van der Waals surface area contributed by atoms with Gasteiger partial charge in [-0.2, -0.15) is 0 Å². The average Bonchev–Trinajstić information content (AvgIpc) is 3.32. The topological polar surface area (TPSA) is 100 Å². The molecule has 0 spiro atoms. The van der Waals surface area contributed by atoms with Crippen molar-refractivity contribution in [1.29, 1.82) is 0 Å². The third-order valence-electron chi connectivity index (χ3n) is 8.16. The molecule has 2 aliphatic heterocycles. The molecule has 1 saturated heterocycles. The van der Waals surface area contributed by atoms with E-state index in [0.29, 0.717) is 29.4 Å². The summed E-state index contributed by atoms with van der Waals surface area (Å²) in [5, 5.41) is 19.5. The molecule has 3 aromatic carbocycles. The lowest BCUT2D eigenvalue weighted by molar-refractivity contribution is 0.0697. The molecule has 0 amide bonds. The van der Waals surface area contributed by atoms with Gasteiger partial charge in [0.25, 0.3) is 0 Å². The summed E-state index contributed by atoms with van der Waals surface area (Å²) in [5.74, 6) is 0.405. The number of ether oxygens (including phenoxy) is 1. The highest BCUT2D eigenvalue weighted by atomic mass is 35.5. The molecule has 1 aromatic heterocycles. The Labute approximate surface area is 248 Å². The van der Waals surface area contributed by atoms with Crippen LogP contribution >= 0.6 is 11.6 Å². The Morgan fingerprint density at radius 1 is 1.14 bits per heavy atom. The molecule has 2 aliphatic rings. The van der Waals surface area contributed by atoms with Gasteiger partial charge in [0.2, 0.25) is 0 Å². The van der Waals surface area contributed by atoms with Crippen molar-refractivity contribution >= 4 is 40.5 Å². The summed E-state index contributed by atoms with van der Waals surface area (Å²) in [7, 11) is 0. The van der Waals surface area contributed by atoms with Gasteiger partial charge in [-0.1, -0.05) is 36.7 Å². The number of likely N-dealkylation sites (tertiary alicyclic amines) is 1. The van der Waals surface area contributed by atoms with Crippen molar-refractivity contribution in [3.8, 4) is 5.75 Å². The second-order valence-electron chi connectivity index (χ2n) is 11.2. The fourth-order valence-electron chi connectivity index (χ4n) is 5.88. The van der Waals surface area contributed by atoms with Crippen LogP contribution in [0.1, 0.15) is 59.1 Å². The lowest BCUT2D eigenvalue weighted by Crippen LogP contribution is -2.34. The first-order valence-electron chi connectivity index (χ1n) is 14.1. The number of para-hydroxylation sites is 1. The molecule has 1 fully saturated rings. The Morgan fingerprint density at radius 3 is 2.69 bits per heavy atom. The molecule has 0 saturated carbocycles. The number of benzene rings is 3. The molecule has 10 heteroatoms. The molecule has 42 heavy (non-hydrogen) atoms. The summed E-state index contributed by atoms with van der Waals surface area (Å²) in [6.07, 6.45) is 2.80. The third-order valence-corrected chi connectivity index (χ3v) is 8.40. The molecule has 4 aromatic rings. The number of aliphatic hydroxyl groups excluding tert-OH is 1. The Bertz CT molecular complexity index is 1660.